The fourth-order valence-corrected chi connectivity index (χ4v) is 0.929. The summed E-state index contributed by atoms with van der Waals surface area (Å²) in [6.45, 7) is 1.55. The minimum atomic E-state index is -0.647. The third-order valence-corrected chi connectivity index (χ3v) is 1.21. The highest BCUT2D eigenvalue weighted by molar-refractivity contribution is 6.45. The van der Waals surface area contributed by atoms with Crippen molar-refractivity contribution < 1.29 is 9.90 Å². The van der Waals surface area contributed by atoms with Gasteiger partial charge in [-0.1, -0.05) is 0 Å². The number of carbonyl (C=O) groups excluding carboxylic acids is 1. The summed E-state index contributed by atoms with van der Waals surface area (Å²) < 4.78 is 0. The normalized spacial score (nSPS) is 13.7. The second-order valence-corrected chi connectivity index (χ2v) is 3.46. The summed E-state index contributed by atoms with van der Waals surface area (Å²) in [6, 6.07) is 0. The summed E-state index contributed by atoms with van der Waals surface area (Å²) in [6.07, 6.45) is -0.344. The molecule has 2 nitrogen and oxygen atoms in total. The summed E-state index contributed by atoms with van der Waals surface area (Å²) in [5.74, 6) is -0.106. The van der Waals surface area contributed by atoms with Crippen LogP contribution in [-0.2, 0) is 4.79 Å². The molecule has 0 aromatic heterocycles. The molecule has 0 aliphatic carbocycles. The fraction of sp³-hybridized carbons (Fsp3) is 0.833. The smallest absolute Gasteiger partial charge is 0.138 e. The number of carbonyl (C=O) groups is 1. The summed E-state index contributed by atoms with van der Waals surface area (Å²) in [5.41, 5.74) is 0. The van der Waals surface area contributed by atoms with Gasteiger partial charge in [-0.3, -0.25) is 4.79 Å². The van der Waals surface area contributed by atoms with Gasteiger partial charge in [-0.15, -0.1) is 23.2 Å². The number of alkyl halides is 2. The Morgan fingerprint density at radius 2 is 2.00 bits per heavy atom. The van der Waals surface area contributed by atoms with Gasteiger partial charge in [0.05, 0.1) is 6.10 Å². The van der Waals surface area contributed by atoms with Crippen molar-refractivity contribution in [2.45, 2.75) is 30.7 Å². The molecule has 1 N–H and O–H groups in total. The van der Waals surface area contributed by atoms with Gasteiger partial charge in [0.1, 0.15) is 10.6 Å². The van der Waals surface area contributed by atoms with Crippen LogP contribution in [-0.4, -0.2) is 21.8 Å². The zero-order chi connectivity index (χ0) is 8.15. The van der Waals surface area contributed by atoms with Gasteiger partial charge in [0.25, 0.3) is 0 Å². The lowest BCUT2D eigenvalue weighted by Gasteiger charge is -2.02. The van der Waals surface area contributed by atoms with E-state index >= 15 is 0 Å². The minimum absolute atomic E-state index is 0.106. The van der Waals surface area contributed by atoms with E-state index in [0.717, 1.165) is 0 Å². The molecule has 60 valence electrons. The Hall–Kier alpha value is 0.210. The summed E-state index contributed by atoms with van der Waals surface area (Å²) in [7, 11) is 0. The Morgan fingerprint density at radius 3 is 2.30 bits per heavy atom. The van der Waals surface area contributed by atoms with E-state index in [-0.39, 0.29) is 18.6 Å². The van der Waals surface area contributed by atoms with Crippen molar-refractivity contribution in [3.05, 3.63) is 0 Å². The Kier molecular flexibility index (Phi) is 5.04. The standard InChI is InChI=1S/C6H10Cl2O2/c1-4(9)2-5(10)3-6(7)8/h4,6,9H,2-3H2,1H3. The maximum Gasteiger partial charge on any atom is 0.138 e. The zero-order valence-electron chi connectivity index (χ0n) is 5.68. The van der Waals surface area contributed by atoms with E-state index in [9.17, 15) is 4.79 Å². The average Bonchev–Trinajstić information content (AvgIpc) is 1.58. The highest BCUT2D eigenvalue weighted by atomic mass is 35.5. The van der Waals surface area contributed by atoms with Crippen molar-refractivity contribution in [1.29, 1.82) is 0 Å². The Balaban J connectivity index is 3.44. The van der Waals surface area contributed by atoms with Crippen LogP contribution < -0.4 is 0 Å². The van der Waals surface area contributed by atoms with E-state index < -0.39 is 10.9 Å². The van der Waals surface area contributed by atoms with Gasteiger partial charge in [0.15, 0.2) is 0 Å². The van der Waals surface area contributed by atoms with Gasteiger partial charge in [0, 0.05) is 12.8 Å². The van der Waals surface area contributed by atoms with Crippen molar-refractivity contribution in [1.82, 2.24) is 0 Å². The third kappa shape index (κ3) is 6.33. The lowest BCUT2D eigenvalue weighted by molar-refractivity contribution is -0.120. The molecule has 1 atom stereocenters. The Bertz CT molecular complexity index is 100. The molecule has 0 fully saturated rings. The number of ketones is 1. The molecular formula is C6H10Cl2O2. The van der Waals surface area contributed by atoms with Crippen LogP contribution in [0.4, 0.5) is 0 Å². The molecule has 10 heavy (non-hydrogen) atoms. The lowest BCUT2D eigenvalue weighted by Crippen LogP contribution is -2.11. The monoisotopic (exact) mass is 184 g/mol. The molecule has 0 aromatic rings. The minimum Gasteiger partial charge on any atom is -0.393 e. The fourth-order valence-electron chi connectivity index (χ4n) is 0.585. The van der Waals surface area contributed by atoms with E-state index in [1.807, 2.05) is 0 Å². The van der Waals surface area contributed by atoms with Gasteiger partial charge in [0.2, 0.25) is 0 Å². The molecule has 0 aliphatic heterocycles. The highest BCUT2D eigenvalue weighted by Crippen LogP contribution is 2.09. The van der Waals surface area contributed by atoms with Crippen molar-refractivity contribution in [3.8, 4) is 0 Å². The number of rotatable bonds is 4. The van der Waals surface area contributed by atoms with Crippen LogP contribution in [0.5, 0.6) is 0 Å². The first-order valence-electron chi connectivity index (χ1n) is 3.00. The van der Waals surface area contributed by atoms with E-state index in [1.54, 1.807) is 6.92 Å². The van der Waals surface area contributed by atoms with E-state index in [1.165, 1.54) is 0 Å². The molecule has 0 heterocycles. The summed E-state index contributed by atoms with van der Waals surface area (Å²) in [4.78, 5) is 10.1. The largest absolute Gasteiger partial charge is 0.393 e. The van der Waals surface area contributed by atoms with Crippen LogP contribution in [0.1, 0.15) is 19.8 Å². The second-order valence-electron chi connectivity index (χ2n) is 2.19. The number of Topliss-reactive ketones (excluding diaryl/α,β-unsaturated/α-hetero) is 1. The van der Waals surface area contributed by atoms with Crippen LogP contribution in [0.25, 0.3) is 0 Å². The second kappa shape index (κ2) is 4.94. The van der Waals surface area contributed by atoms with Gasteiger partial charge in [-0.2, -0.15) is 0 Å². The van der Waals surface area contributed by atoms with Crippen LogP contribution in [0.2, 0.25) is 0 Å². The van der Waals surface area contributed by atoms with Crippen molar-refractivity contribution in [2.24, 2.45) is 0 Å². The van der Waals surface area contributed by atoms with Crippen LogP contribution in [0.15, 0.2) is 0 Å². The molecule has 0 radical (unpaired) electrons. The van der Waals surface area contributed by atoms with E-state index in [2.05, 4.69) is 0 Å². The molecule has 0 amide bonds. The first-order chi connectivity index (χ1) is 4.52. The molecule has 4 heteroatoms. The Labute approximate surface area is 70.1 Å². The quantitative estimate of drug-likeness (QED) is 0.674. The first kappa shape index (κ1) is 10.2. The van der Waals surface area contributed by atoms with Crippen LogP contribution in [0, 0.1) is 0 Å². The van der Waals surface area contributed by atoms with Gasteiger partial charge in [-0.25, -0.2) is 0 Å². The molecule has 0 saturated carbocycles. The first-order valence-corrected chi connectivity index (χ1v) is 3.87. The van der Waals surface area contributed by atoms with Crippen molar-refractivity contribution in [2.75, 3.05) is 0 Å². The molecule has 0 spiro atoms. The van der Waals surface area contributed by atoms with Gasteiger partial charge < -0.3 is 5.11 Å². The third-order valence-electron chi connectivity index (χ3n) is 0.905. The summed E-state index contributed by atoms with van der Waals surface area (Å²) >= 11 is 10.6. The molecule has 0 bridgehead atoms. The number of hydrogen-bond acceptors (Lipinski definition) is 2. The number of halogens is 2. The lowest BCUT2D eigenvalue weighted by atomic mass is 10.2. The molecule has 1 unspecified atom stereocenters. The molecular weight excluding hydrogens is 175 g/mol. The molecule has 0 saturated heterocycles. The summed E-state index contributed by atoms with van der Waals surface area (Å²) in [5, 5.41) is 8.73. The molecule has 0 aliphatic rings. The maximum atomic E-state index is 10.7. The van der Waals surface area contributed by atoms with E-state index in [4.69, 9.17) is 28.3 Å². The average molecular weight is 185 g/mol. The van der Waals surface area contributed by atoms with Crippen molar-refractivity contribution >= 4 is 29.0 Å². The highest BCUT2D eigenvalue weighted by Gasteiger charge is 2.09. The number of aliphatic hydroxyl groups is 1. The Morgan fingerprint density at radius 1 is 1.50 bits per heavy atom. The van der Waals surface area contributed by atoms with Crippen LogP contribution >= 0.6 is 23.2 Å². The number of hydrogen-bond donors (Lipinski definition) is 1. The number of aliphatic hydroxyl groups excluding tert-OH is 1. The molecule has 0 rings (SSSR count). The predicted octanol–water partition coefficient (Wildman–Crippen LogP) is 1.52. The zero-order valence-corrected chi connectivity index (χ0v) is 7.19. The topological polar surface area (TPSA) is 37.3 Å². The predicted molar refractivity (Wildman–Crippen MR) is 41.4 cm³/mol. The molecule has 0 aromatic carbocycles. The van der Waals surface area contributed by atoms with Crippen LogP contribution in [0.3, 0.4) is 0 Å². The van der Waals surface area contributed by atoms with Crippen molar-refractivity contribution in [3.63, 3.8) is 0 Å². The SMILES string of the molecule is CC(O)CC(=O)CC(Cl)Cl. The van der Waals surface area contributed by atoms with Gasteiger partial charge >= 0.3 is 0 Å². The maximum absolute atomic E-state index is 10.7. The van der Waals surface area contributed by atoms with Gasteiger partial charge in [-0.05, 0) is 6.92 Å². The van der Waals surface area contributed by atoms with E-state index in [0.29, 0.717) is 0 Å².